The summed E-state index contributed by atoms with van der Waals surface area (Å²) in [6.45, 7) is 0. The number of nitro benzene ring substituents is 1. The van der Waals surface area contributed by atoms with E-state index in [9.17, 15) is 10.1 Å². The van der Waals surface area contributed by atoms with Gasteiger partial charge in [-0.1, -0.05) is 33.6 Å². The van der Waals surface area contributed by atoms with Crippen molar-refractivity contribution in [1.82, 2.24) is 4.98 Å². The highest BCUT2D eigenvalue weighted by Crippen LogP contribution is 2.28. The molecule has 1 heterocycles. The summed E-state index contributed by atoms with van der Waals surface area (Å²) in [6.07, 6.45) is 1.54. The molecule has 0 aliphatic carbocycles. The minimum atomic E-state index is -0.523. The largest absolute Gasteiger partial charge is 0.436 e. The molecule has 0 N–H and O–H groups in total. The SMILES string of the molecule is O=[N+]([O-])c1cc(C=Nc2ccc3oc(-c4ccc(Br)cc4)nc3c2)ccc1Cl. The van der Waals surface area contributed by atoms with Crippen molar-refractivity contribution in [3.8, 4) is 11.5 Å². The van der Waals surface area contributed by atoms with Crippen molar-refractivity contribution in [2.45, 2.75) is 0 Å². The van der Waals surface area contributed by atoms with Gasteiger partial charge in [-0.25, -0.2) is 4.98 Å². The van der Waals surface area contributed by atoms with Crippen LogP contribution in [0.5, 0.6) is 0 Å². The first-order valence-electron chi connectivity index (χ1n) is 8.14. The topological polar surface area (TPSA) is 81.5 Å². The molecule has 0 radical (unpaired) electrons. The van der Waals surface area contributed by atoms with Crippen LogP contribution in [0.25, 0.3) is 22.6 Å². The molecule has 0 saturated carbocycles. The van der Waals surface area contributed by atoms with Crippen LogP contribution < -0.4 is 0 Å². The first-order chi connectivity index (χ1) is 13.5. The number of aliphatic imine (C=N–C) groups is 1. The Morgan fingerprint density at radius 1 is 1.11 bits per heavy atom. The van der Waals surface area contributed by atoms with Gasteiger partial charge in [-0.05, 0) is 54.1 Å². The average molecular weight is 457 g/mol. The zero-order valence-corrected chi connectivity index (χ0v) is 16.5. The number of nitro groups is 1. The van der Waals surface area contributed by atoms with Gasteiger partial charge in [-0.3, -0.25) is 15.1 Å². The highest BCUT2D eigenvalue weighted by Gasteiger charge is 2.12. The third-order valence-electron chi connectivity index (χ3n) is 3.99. The number of aromatic nitrogens is 1. The second-order valence-corrected chi connectivity index (χ2v) is 7.23. The standard InChI is InChI=1S/C20H11BrClN3O3/c21-14-4-2-13(3-5-14)20-24-17-10-15(6-8-19(17)28-20)23-11-12-1-7-16(22)18(9-12)25(26)27/h1-11H. The molecule has 0 aliphatic rings. The van der Waals surface area contributed by atoms with Gasteiger partial charge in [-0.15, -0.1) is 0 Å². The summed E-state index contributed by atoms with van der Waals surface area (Å²) in [5.41, 5.74) is 3.27. The van der Waals surface area contributed by atoms with Crippen LogP contribution in [0.1, 0.15) is 5.56 Å². The van der Waals surface area contributed by atoms with Gasteiger partial charge < -0.3 is 4.42 Å². The number of rotatable bonds is 4. The van der Waals surface area contributed by atoms with Crippen molar-refractivity contribution in [2.75, 3.05) is 0 Å². The first-order valence-corrected chi connectivity index (χ1v) is 9.31. The van der Waals surface area contributed by atoms with Crippen LogP contribution in [-0.4, -0.2) is 16.1 Å². The summed E-state index contributed by atoms with van der Waals surface area (Å²) in [6, 6.07) is 17.6. The number of halogens is 2. The zero-order chi connectivity index (χ0) is 19.7. The van der Waals surface area contributed by atoms with E-state index < -0.39 is 4.92 Å². The molecule has 8 heteroatoms. The van der Waals surface area contributed by atoms with Gasteiger partial charge in [-0.2, -0.15) is 0 Å². The second-order valence-electron chi connectivity index (χ2n) is 5.90. The number of nitrogens with zero attached hydrogens (tertiary/aromatic N) is 3. The third-order valence-corrected chi connectivity index (χ3v) is 4.84. The fraction of sp³-hybridized carbons (Fsp3) is 0. The van der Waals surface area contributed by atoms with Crippen LogP contribution in [0.4, 0.5) is 11.4 Å². The van der Waals surface area contributed by atoms with Crippen LogP contribution in [-0.2, 0) is 0 Å². The summed E-state index contributed by atoms with van der Waals surface area (Å²) < 4.78 is 6.78. The monoisotopic (exact) mass is 455 g/mol. The van der Waals surface area contributed by atoms with E-state index in [1.54, 1.807) is 30.5 Å². The number of fused-ring (bicyclic) bond motifs is 1. The van der Waals surface area contributed by atoms with E-state index in [4.69, 9.17) is 16.0 Å². The molecule has 4 aromatic rings. The summed E-state index contributed by atoms with van der Waals surface area (Å²) in [5, 5.41) is 11.1. The molecule has 0 spiro atoms. The van der Waals surface area contributed by atoms with Gasteiger partial charge in [0.05, 0.1) is 10.6 Å². The molecule has 0 atom stereocenters. The van der Waals surface area contributed by atoms with Crippen LogP contribution >= 0.6 is 27.5 Å². The van der Waals surface area contributed by atoms with E-state index in [1.165, 1.54) is 12.1 Å². The third kappa shape index (κ3) is 3.81. The molecule has 0 amide bonds. The van der Waals surface area contributed by atoms with Crippen LogP contribution in [0.15, 0.2) is 74.5 Å². The van der Waals surface area contributed by atoms with E-state index in [2.05, 4.69) is 25.9 Å². The Balaban J connectivity index is 1.63. The number of hydrogen-bond acceptors (Lipinski definition) is 5. The van der Waals surface area contributed by atoms with Crippen molar-refractivity contribution in [3.63, 3.8) is 0 Å². The number of oxazole rings is 1. The molecule has 138 valence electrons. The van der Waals surface area contributed by atoms with Crippen LogP contribution in [0.2, 0.25) is 5.02 Å². The molecule has 3 aromatic carbocycles. The quantitative estimate of drug-likeness (QED) is 0.197. The van der Waals surface area contributed by atoms with Crippen molar-refractivity contribution < 1.29 is 9.34 Å². The maximum atomic E-state index is 11.0. The van der Waals surface area contributed by atoms with E-state index in [1.807, 2.05) is 24.3 Å². The van der Waals surface area contributed by atoms with Gasteiger partial charge in [0.1, 0.15) is 10.5 Å². The lowest BCUT2D eigenvalue weighted by Gasteiger charge is -1.97. The van der Waals surface area contributed by atoms with Gasteiger partial charge in [0.25, 0.3) is 5.69 Å². The molecule has 0 fully saturated rings. The molecular formula is C20H11BrClN3O3. The Labute approximate surface area is 172 Å². The Kier molecular flexibility index (Phi) is 4.93. The van der Waals surface area contributed by atoms with Gasteiger partial charge in [0, 0.05) is 22.3 Å². The summed E-state index contributed by atoms with van der Waals surface area (Å²) in [4.78, 5) is 19.4. The summed E-state index contributed by atoms with van der Waals surface area (Å²) >= 11 is 9.23. The molecular weight excluding hydrogens is 446 g/mol. The zero-order valence-electron chi connectivity index (χ0n) is 14.2. The molecule has 28 heavy (non-hydrogen) atoms. The van der Waals surface area contributed by atoms with Gasteiger partial charge >= 0.3 is 0 Å². The van der Waals surface area contributed by atoms with E-state index in [0.29, 0.717) is 28.2 Å². The molecule has 0 unspecified atom stereocenters. The Bertz CT molecular complexity index is 1220. The summed E-state index contributed by atoms with van der Waals surface area (Å²) in [7, 11) is 0. The van der Waals surface area contributed by atoms with Crippen molar-refractivity contribution in [3.05, 3.63) is 85.8 Å². The Morgan fingerprint density at radius 2 is 1.89 bits per heavy atom. The normalized spacial score (nSPS) is 11.4. The van der Waals surface area contributed by atoms with Crippen molar-refractivity contribution in [2.24, 2.45) is 4.99 Å². The van der Waals surface area contributed by atoms with Crippen LogP contribution in [0, 0.1) is 10.1 Å². The highest BCUT2D eigenvalue weighted by molar-refractivity contribution is 9.10. The average Bonchev–Trinajstić information content (AvgIpc) is 3.11. The fourth-order valence-corrected chi connectivity index (χ4v) is 3.06. The minimum absolute atomic E-state index is 0.0895. The maximum absolute atomic E-state index is 11.0. The Hall–Kier alpha value is -3.03. The first kappa shape index (κ1) is 18.3. The molecule has 1 aromatic heterocycles. The molecule has 6 nitrogen and oxygen atoms in total. The van der Waals surface area contributed by atoms with Crippen LogP contribution in [0.3, 0.4) is 0 Å². The second kappa shape index (κ2) is 7.53. The smallest absolute Gasteiger partial charge is 0.288 e. The molecule has 0 bridgehead atoms. The lowest BCUT2D eigenvalue weighted by Crippen LogP contribution is -1.91. The van der Waals surface area contributed by atoms with Gasteiger partial charge in [0.2, 0.25) is 5.89 Å². The molecule has 4 rings (SSSR count). The van der Waals surface area contributed by atoms with E-state index in [-0.39, 0.29) is 10.7 Å². The Morgan fingerprint density at radius 3 is 2.64 bits per heavy atom. The molecule has 0 saturated heterocycles. The minimum Gasteiger partial charge on any atom is -0.436 e. The maximum Gasteiger partial charge on any atom is 0.288 e. The van der Waals surface area contributed by atoms with Gasteiger partial charge in [0.15, 0.2) is 5.58 Å². The predicted octanol–water partition coefficient (Wildman–Crippen LogP) is 6.57. The number of hydrogen-bond donors (Lipinski definition) is 0. The van der Waals surface area contributed by atoms with Crippen molar-refractivity contribution in [1.29, 1.82) is 0 Å². The number of benzene rings is 3. The lowest BCUT2D eigenvalue weighted by molar-refractivity contribution is -0.384. The predicted molar refractivity (Wildman–Crippen MR) is 113 cm³/mol. The lowest BCUT2D eigenvalue weighted by atomic mass is 10.2. The summed E-state index contributed by atoms with van der Waals surface area (Å²) in [5.74, 6) is 0.525. The highest BCUT2D eigenvalue weighted by atomic mass is 79.9. The van der Waals surface area contributed by atoms with Crippen molar-refractivity contribution >= 4 is 56.2 Å². The van der Waals surface area contributed by atoms with E-state index >= 15 is 0 Å². The fourth-order valence-electron chi connectivity index (χ4n) is 2.61. The molecule has 0 aliphatic heterocycles. The van der Waals surface area contributed by atoms with E-state index in [0.717, 1.165) is 10.0 Å².